The predicted molar refractivity (Wildman–Crippen MR) is 75.9 cm³/mol. The molecule has 2 atom stereocenters. The van der Waals surface area contributed by atoms with Gasteiger partial charge in [0.05, 0.1) is 15.7 Å². The highest BCUT2D eigenvalue weighted by Gasteiger charge is 2.27. The molecule has 0 amide bonds. The quantitative estimate of drug-likeness (QED) is 0.899. The Balaban J connectivity index is 2.94. The summed E-state index contributed by atoms with van der Waals surface area (Å²) >= 11 is 12.1. The van der Waals surface area contributed by atoms with Crippen molar-refractivity contribution in [1.29, 1.82) is 0 Å². The largest absolute Gasteiger partial charge is 0.251 e. The van der Waals surface area contributed by atoms with Gasteiger partial charge in [-0.3, -0.25) is 5.14 Å². The van der Waals surface area contributed by atoms with Gasteiger partial charge in [-0.2, -0.15) is 0 Å². The van der Waals surface area contributed by atoms with Crippen LogP contribution in [0.3, 0.4) is 0 Å². The second-order valence-electron chi connectivity index (χ2n) is 4.83. The van der Waals surface area contributed by atoms with E-state index < -0.39 is 15.7 Å². The van der Waals surface area contributed by atoms with Gasteiger partial charge in [-0.05, 0) is 49.9 Å². The Morgan fingerprint density at radius 3 is 2.53 bits per heavy atom. The molecule has 0 aliphatic carbocycles. The molecule has 0 heterocycles. The molecular formula is C12H17Cl2NOS. The summed E-state index contributed by atoms with van der Waals surface area (Å²) in [6.45, 7) is 5.81. The van der Waals surface area contributed by atoms with Gasteiger partial charge in [-0.1, -0.05) is 30.1 Å². The first kappa shape index (κ1) is 15.0. The van der Waals surface area contributed by atoms with Crippen LogP contribution in [0.2, 0.25) is 10.0 Å². The predicted octanol–water partition coefficient (Wildman–Crippen LogP) is 3.89. The molecule has 0 fully saturated rings. The summed E-state index contributed by atoms with van der Waals surface area (Å²) < 4.78 is 11.0. The first-order valence-corrected chi connectivity index (χ1v) is 7.32. The SMILES string of the molecule is C[C@H](CC(C)(C)S(N)=O)c1cc(Cl)ccc1Cl. The second kappa shape index (κ2) is 5.70. The molecule has 96 valence electrons. The molecule has 0 aliphatic rings. The van der Waals surface area contributed by atoms with E-state index >= 15 is 0 Å². The molecule has 1 aromatic carbocycles. The van der Waals surface area contributed by atoms with Gasteiger partial charge >= 0.3 is 0 Å². The van der Waals surface area contributed by atoms with Crippen LogP contribution in [0.4, 0.5) is 0 Å². The van der Waals surface area contributed by atoms with Crippen molar-refractivity contribution >= 4 is 34.2 Å². The van der Waals surface area contributed by atoms with Crippen molar-refractivity contribution < 1.29 is 4.21 Å². The molecule has 2 N–H and O–H groups in total. The molecule has 0 aliphatic heterocycles. The Hall–Kier alpha value is -0.0900. The molecule has 1 unspecified atom stereocenters. The molecule has 0 saturated carbocycles. The molecular weight excluding hydrogens is 277 g/mol. The molecule has 1 aromatic rings. The van der Waals surface area contributed by atoms with E-state index in [2.05, 4.69) is 0 Å². The van der Waals surface area contributed by atoms with Gasteiger partial charge in [0.15, 0.2) is 0 Å². The van der Waals surface area contributed by atoms with E-state index in [0.29, 0.717) is 16.5 Å². The van der Waals surface area contributed by atoms with Gasteiger partial charge in [0, 0.05) is 10.0 Å². The van der Waals surface area contributed by atoms with Crippen molar-refractivity contribution in [2.75, 3.05) is 0 Å². The fourth-order valence-corrected chi connectivity index (χ4v) is 2.72. The third-order valence-electron chi connectivity index (χ3n) is 2.83. The lowest BCUT2D eigenvalue weighted by molar-refractivity contribution is 0.541. The van der Waals surface area contributed by atoms with E-state index in [0.717, 1.165) is 5.56 Å². The molecule has 0 radical (unpaired) electrons. The lowest BCUT2D eigenvalue weighted by Gasteiger charge is -2.25. The Morgan fingerprint density at radius 1 is 1.41 bits per heavy atom. The third-order valence-corrected chi connectivity index (χ3v) is 4.67. The van der Waals surface area contributed by atoms with Crippen LogP contribution in [0, 0.1) is 0 Å². The van der Waals surface area contributed by atoms with E-state index in [1.165, 1.54) is 0 Å². The Morgan fingerprint density at radius 2 is 2.00 bits per heavy atom. The molecule has 2 nitrogen and oxygen atoms in total. The Labute approximate surface area is 115 Å². The summed E-state index contributed by atoms with van der Waals surface area (Å²) in [4.78, 5) is 0. The van der Waals surface area contributed by atoms with Gasteiger partial charge in [-0.15, -0.1) is 0 Å². The minimum atomic E-state index is -1.36. The van der Waals surface area contributed by atoms with Crippen LogP contribution in [0.15, 0.2) is 18.2 Å². The molecule has 0 bridgehead atoms. The van der Waals surface area contributed by atoms with E-state index in [1.54, 1.807) is 12.1 Å². The zero-order valence-corrected chi connectivity index (χ0v) is 12.5. The van der Waals surface area contributed by atoms with Crippen molar-refractivity contribution in [2.45, 2.75) is 37.9 Å². The van der Waals surface area contributed by atoms with Gasteiger partial charge in [0.25, 0.3) is 0 Å². The third kappa shape index (κ3) is 3.95. The summed E-state index contributed by atoms with van der Waals surface area (Å²) in [6.07, 6.45) is 0.691. The van der Waals surface area contributed by atoms with Crippen LogP contribution < -0.4 is 5.14 Å². The molecule has 0 saturated heterocycles. The number of benzene rings is 1. The number of nitrogens with two attached hydrogens (primary N) is 1. The second-order valence-corrected chi connectivity index (χ2v) is 7.37. The first-order valence-electron chi connectivity index (χ1n) is 5.35. The highest BCUT2D eigenvalue weighted by atomic mass is 35.5. The van der Waals surface area contributed by atoms with Crippen LogP contribution in [0.1, 0.15) is 38.7 Å². The van der Waals surface area contributed by atoms with Crippen LogP contribution in [-0.2, 0) is 11.0 Å². The van der Waals surface area contributed by atoms with Crippen LogP contribution >= 0.6 is 23.2 Å². The Kier molecular flexibility index (Phi) is 5.02. The highest BCUT2D eigenvalue weighted by molar-refractivity contribution is 7.84. The minimum absolute atomic E-state index is 0.156. The van der Waals surface area contributed by atoms with Crippen molar-refractivity contribution in [1.82, 2.24) is 0 Å². The maximum Gasteiger partial charge on any atom is 0.0945 e. The van der Waals surface area contributed by atoms with E-state index in [4.69, 9.17) is 28.3 Å². The van der Waals surface area contributed by atoms with Crippen LogP contribution in [0.5, 0.6) is 0 Å². The van der Waals surface area contributed by atoms with Gasteiger partial charge in [0.1, 0.15) is 0 Å². The molecule has 0 aromatic heterocycles. The molecule has 17 heavy (non-hydrogen) atoms. The summed E-state index contributed by atoms with van der Waals surface area (Å²) in [5.74, 6) is 0.156. The fourth-order valence-electron chi connectivity index (χ4n) is 1.82. The number of hydrogen-bond donors (Lipinski definition) is 1. The lowest BCUT2D eigenvalue weighted by Crippen LogP contribution is -2.33. The standard InChI is InChI=1S/C12H17Cl2NOS/c1-8(7-12(2,3)17(15)16)10-6-9(13)4-5-11(10)14/h4-6,8H,7,15H2,1-3H3/t8-,17?/m1/s1. The van der Waals surface area contributed by atoms with Gasteiger partial charge < -0.3 is 0 Å². The summed E-state index contributed by atoms with van der Waals surface area (Å²) in [7, 11) is -1.36. The zero-order chi connectivity index (χ0) is 13.2. The lowest BCUT2D eigenvalue weighted by atomic mass is 9.91. The highest BCUT2D eigenvalue weighted by Crippen LogP contribution is 2.33. The monoisotopic (exact) mass is 293 g/mol. The summed E-state index contributed by atoms with van der Waals surface area (Å²) in [6, 6.07) is 5.39. The van der Waals surface area contributed by atoms with Crippen molar-refractivity contribution in [3.8, 4) is 0 Å². The first-order chi connectivity index (χ1) is 7.74. The van der Waals surface area contributed by atoms with E-state index in [1.807, 2.05) is 26.8 Å². The van der Waals surface area contributed by atoms with Crippen molar-refractivity contribution in [2.24, 2.45) is 5.14 Å². The molecule has 1 rings (SSSR count). The van der Waals surface area contributed by atoms with Crippen molar-refractivity contribution in [3.05, 3.63) is 33.8 Å². The minimum Gasteiger partial charge on any atom is -0.251 e. The Bertz CT molecular complexity index is 435. The normalized spacial score (nSPS) is 15.6. The topological polar surface area (TPSA) is 43.1 Å². The van der Waals surface area contributed by atoms with E-state index in [9.17, 15) is 4.21 Å². The maximum atomic E-state index is 11.4. The maximum absolute atomic E-state index is 11.4. The molecule has 5 heteroatoms. The zero-order valence-electron chi connectivity index (χ0n) is 10.2. The number of halogens is 2. The van der Waals surface area contributed by atoms with Crippen molar-refractivity contribution in [3.63, 3.8) is 0 Å². The van der Waals surface area contributed by atoms with Crippen LogP contribution in [0.25, 0.3) is 0 Å². The van der Waals surface area contributed by atoms with Crippen LogP contribution in [-0.4, -0.2) is 8.96 Å². The molecule has 0 spiro atoms. The average molecular weight is 294 g/mol. The smallest absolute Gasteiger partial charge is 0.0945 e. The van der Waals surface area contributed by atoms with Gasteiger partial charge in [-0.25, -0.2) is 4.21 Å². The number of rotatable bonds is 4. The number of hydrogen-bond acceptors (Lipinski definition) is 1. The average Bonchev–Trinajstić information content (AvgIpc) is 2.20. The van der Waals surface area contributed by atoms with E-state index in [-0.39, 0.29) is 5.92 Å². The van der Waals surface area contributed by atoms with Gasteiger partial charge in [0.2, 0.25) is 0 Å². The summed E-state index contributed by atoms with van der Waals surface area (Å²) in [5.41, 5.74) is 0.970. The summed E-state index contributed by atoms with van der Waals surface area (Å²) in [5, 5.41) is 6.81. The fraction of sp³-hybridized carbons (Fsp3) is 0.500.